The van der Waals surface area contributed by atoms with E-state index in [1.807, 2.05) is 6.07 Å². The second-order valence-corrected chi connectivity index (χ2v) is 10.4. The number of nitrogens with zero attached hydrogens (tertiary/aromatic N) is 5. The van der Waals surface area contributed by atoms with E-state index in [-0.39, 0.29) is 22.7 Å². The molecule has 12 heteroatoms. The zero-order valence-electron chi connectivity index (χ0n) is 18.0. The summed E-state index contributed by atoms with van der Waals surface area (Å²) in [5.41, 5.74) is 0.936. The smallest absolute Gasteiger partial charge is 0.264 e. The third-order valence-electron chi connectivity index (χ3n) is 5.13. The second kappa shape index (κ2) is 10.3. The Morgan fingerprint density at radius 3 is 2.82 bits per heavy atom. The molecule has 1 N–H and O–H groups in total. The number of carbonyl (C=O) groups excluding carboxylic acids is 1. The Balaban J connectivity index is 1.38. The number of carbonyl (C=O) groups is 1. The van der Waals surface area contributed by atoms with E-state index >= 15 is 0 Å². The highest BCUT2D eigenvalue weighted by Crippen LogP contribution is 2.24. The molecule has 0 unspecified atom stereocenters. The maximum atomic E-state index is 13.0. The molecule has 3 aromatic rings. The maximum Gasteiger partial charge on any atom is 0.264 e. The first-order valence-electron chi connectivity index (χ1n) is 10.4. The van der Waals surface area contributed by atoms with Gasteiger partial charge in [0.25, 0.3) is 10.0 Å². The van der Waals surface area contributed by atoms with Crippen molar-refractivity contribution in [2.24, 2.45) is 0 Å². The molecular formula is C21H24N6O4S2. The van der Waals surface area contributed by atoms with Crippen LogP contribution in [0.4, 0.5) is 11.4 Å². The van der Waals surface area contributed by atoms with E-state index in [4.69, 9.17) is 4.74 Å². The zero-order valence-corrected chi connectivity index (χ0v) is 19.6. The number of sulfonamides is 1. The van der Waals surface area contributed by atoms with Crippen LogP contribution in [-0.4, -0.2) is 60.0 Å². The molecule has 33 heavy (non-hydrogen) atoms. The Labute approximate surface area is 196 Å². The fourth-order valence-electron chi connectivity index (χ4n) is 3.39. The molecule has 1 amide bonds. The molecule has 174 valence electrons. The van der Waals surface area contributed by atoms with E-state index in [1.54, 1.807) is 41.1 Å². The minimum Gasteiger partial charge on any atom is -0.376 e. The second-order valence-electron chi connectivity index (χ2n) is 7.45. The van der Waals surface area contributed by atoms with Gasteiger partial charge in [0.15, 0.2) is 0 Å². The lowest BCUT2D eigenvalue weighted by Gasteiger charge is -2.19. The van der Waals surface area contributed by atoms with Crippen molar-refractivity contribution >= 4 is 39.1 Å². The van der Waals surface area contributed by atoms with Crippen molar-refractivity contribution in [3.8, 4) is 0 Å². The highest BCUT2D eigenvalue weighted by molar-refractivity contribution is 7.99. The number of tetrazole rings is 1. The van der Waals surface area contributed by atoms with Gasteiger partial charge in [-0.3, -0.25) is 9.10 Å². The van der Waals surface area contributed by atoms with Gasteiger partial charge in [0.2, 0.25) is 11.1 Å². The van der Waals surface area contributed by atoms with Crippen LogP contribution in [0, 0.1) is 0 Å². The summed E-state index contributed by atoms with van der Waals surface area (Å²) in [6, 6.07) is 15.0. The lowest BCUT2D eigenvalue weighted by Crippen LogP contribution is -2.26. The molecular weight excluding hydrogens is 464 g/mol. The first-order chi connectivity index (χ1) is 15.9. The van der Waals surface area contributed by atoms with Crippen molar-refractivity contribution in [2.45, 2.75) is 35.5 Å². The Morgan fingerprint density at radius 1 is 1.24 bits per heavy atom. The van der Waals surface area contributed by atoms with Crippen LogP contribution in [0.5, 0.6) is 0 Å². The van der Waals surface area contributed by atoms with Gasteiger partial charge in [-0.15, -0.1) is 5.10 Å². The van der Waals surface area contributed by atoms with Gasteiger partial charge in [-0.2, -0.15) is 0 Å². The molecule has 0 saturated carbocycles. The first-order valence-corrected chi connectivity index (χ1v) is 12.8. The van der Waals surface area contributed by atoms with Crippen LogP contribution in [0.1, 0.15) is 12.8 Å². The molecule has 1 saturated heterocycles. The summed E-state index contributed by atoms with van der Waals surface area (Å²) in [7, 11) is -2.29. The van der Waals surface area contributed by atoms with Crippen molar-refractivity contribution in [2.75, 3.05) is 29.0 Å². The molecule has 1 fully saturated rings. The van der Waals surface area contributed by atoms with E-state index in [2.05, 4.69) is 20.8 Å². The quantitative estimate of drug-likeness (QED) is 0.456. The van der Waals surface area contributed by atoms with Gasteiger partial charge in [-0.05, 0) is 53.6 Å². The zero-order chi connectivity index (χ0) is 23.3. The maximum absolute atomic E-state index is 13.0. The third-order valence-corrected chi connectivity index (χ3v) is 7.87. The number of amides is 1. The van der Waals surface area contributed by atoms with Gasteiger partial charge in [-0.1, -0.05) is 36.0 Å². The van der Waals surface area contributed by atoms with E-state index in [0.29, 0.717) is 23.1 Å². The number of hydrogen-bond donors (Lipinski definition) is 1. The largest absolute Gasteiger partial charge is 0.376 e. The van der Waals surface area contributed by atoms with Crippen molar-refractivity contribution in [1.82, 2.24) is 20.2 Å². The minimum absolute atomic E-state index is 0.0762. The fraction of sp³-hybridized carbons (Fsp3) is 0.333. The molecule has 1 aromatic heterocycles. The number of para-hydroxylation sites is 1. The van der Waals surface area contributed by atoms with Gasteiger partial charge in [-0.25, -0.2) is 13.1 Å². The van der Waals surface area contributed by atoms with E-state index in [1.165, 1.54) is 35.2 Å². The number of benzene rings is 2. The van der Waals surface area contributed by atoms with Gasteiger partial charge < -0.3 is 10.1 Å². The van der Waals surface area contributed by atoms with E-state index < -0.39 is 10.0 Å². The number of rotatable bonds is 9. The number of ether oxygens (including phenoxy) is 1. The molecule has 2 heterocycles. The van der Waals surface area contributed by atoms with Crippen LogP contribution >= 0.6 is 11.8 Å². The normalized spacial score (nSPS) is 16.0. The predicted octanol–water partition coefficient (Wildman–Crippen LogP) is 2.41. The van der Waals surface area contributed by atoms with Gasteiger partial charge in [0.1, 0.15) is 0 Å². The Morgan fingerprint density at radius 2 is 2.06 bits per heavy atom. The van der Waals surface area contributed by atoms with Gasteiger partial charge >= 0.3 is 0 Å². The number of hydrogen-bond acceptors (Lipinski definition) is 8. The average Bonchev–Trinajstić information content (AvgIpc) is 3.50. The van der Waals surface area contributed by atoms with Crippen LogP contribution in [0.25, 0.3) is 0 Å². The molecule has 2 aromatic carbocycles. The standard InChI is InChI=1S/C21H24N6O4S2/c1-26(17-8-3-2-4-9-17)33(29,30)19-11-5-7-16(13-19)22-20(28)15-32-21-23-24-25-27(21)14-18-10-6-12-31-18/h2-5,7-9,11,13,18H,6,10,12,14-15H2,1H3,(H,22,28)/t18-/m1/s1. The molecule has 0 spiro atoms. The van der Waals surface area contributed by atoms with E-state index in [9.17, 15) is 13.2 Å². The summed E-state index contributed by atoms with van der Waals surface area (Å²) in [6.45, 7) is 1.29. The lowest BCUT2D eigenvalue weighted by atomic mass is 10.2. The molecule has 4 rings (SSSR count). The van der Waals surface area contributed by atoms with Gasteiger partial charge in [0.05, 0.1) is 29.0 Å². The summed E-state index contributed by atoms with van der Waals surface area (Å²) in [6.07, 6.45) is 2.07. The summed E-state index contributed by atoms with van der Waals surface area (Å²) >= 11 is 1.21. The Bertz CT molecular complexity index is 1200. The number of aromatic nitrogens is 4. The highest BCUT2D eigenvalue weighted by atomic mass is 32.2. The third kappa shape index (κ3) is 5.70. The lowest BCUT2D eigenvalue weighted by molar-refractivity contribution is -0.113. The number of anilines is 2. The first kappa shape index (κ1) is 23.2. The predicted molar refractivity (Wildman–Crippen MR) is 125 cm³/mol. The highest BCUT2D eigenvalue weighted by Gasteiger charge is 2.22. The SMILES string of the molecule is CN(c1ccccc1)S(=O)(=O)c1cccc(NC(=O)CSc2nnnn2C[C@H]2CCCO2)c1. The van der Waals surface area contributed by atoms with Crippen LogP contribution in [-0.2, 0) is 26.1 Å². The van der Waals surface area contributed by atoms with E-state index in [0.717, 1.165) is 19.4 Å². The number of nitrogens with one attached hydrogen (secondary N) is 1. The Hall–Kier alpha value is -2.96. The van der Waals surface area contributed by atoms with Crippen molar-refractivity contribution in [3.05, 3.63) is 54.6 Å². The molecule has 10 nitrogen and oxygen atoms in total. The molecule has 1 aliphatic heterocycles. The molecule has 1 aliphatic rings. The summed E-state index contributed by atoms with van der Waals surface area (Å²) < 4.78 is 34.5. The van der Waals surface area contributed by atoms with Crippen molar-refractivity contribution in [3.63, 3.8) is 0 Å². The van der Waals surface area contributed by atoms with Crippen LogP contribution < -0.4 is 9.62 Å². The molecule has 0 radical (unpaired) electrons. The van der Waals surface area contributed by atoms with Crippen molar-refractivity contribution < 1.29 is 17.9 Å². The topological polar surface area (TPSA) is 119 Å². The van der Waals surface area contributed by atoms with Crippen LogP contribution in [0.2, 0.25) is 0 Å². The average molecular weight is 489 g/mol. The van der Waals surface area contributed by atoms with Crippen molar-refractivity contribution in [1.29, 1.82) is 0 Å². The number of thioether (sulfide) groups is 1. The fourth-order valence-corrected chi connectivity index (χ4v) is 5.32. The summed E-state index contributed by atoms with van der Waals surface area (Å²) in [5, 5.41) is 14.9. The van der Waals surface area contributed by atoms with Crippen LogP contribution in [0.3, 0.4) is 0 Å². The molecule has 0 aliphatic carbocycles. The minimum atomic E-state index is -3.78. The van der Waals surface area contributed by atoms with Gasteiger partial charge in [0, 0.05) is 19.3 Å². The monoisotopic (exact) mass is 488 g/mol. The summed E-state index contributed by atoms with van der Waals surface area (Å²) in [5.74, 6) is -0.218. The Kier molecular flexibility index (Phi) is 7.26. The molecule has 0 bridgehead atoms. The van der Waals surface area contributed by atoms with Crippen LogP contribution in [0.15, 0.2) is 64.6 Å². The summed E-state index contributed by atoms with van der Waals surface area (Å²) in [4.78, 5) is 12.6. The molecule has 1 atom stereocenters.